The van der Waals surface area contributed by atoms with Crippen molar-refractivity contribution in [3.8, 4) is 0 Å². The molecule has 0 aliphatic rings. The highest BCUT2D eigenvalue weighted by molar-refractivity contribution is 9.10. The van der Waals surface area contributed by atoms with Gasteiger partial charge < -0.3 is 15.5 Å². The molecule has 3 nitrogen and oxygen atoms in total. The van der Waals surface area contributed by atoms with Gasteiger partial charge >= 0.3 is 0 Å². The first-order chi connectivity index (χ1) is 7.91. The van der Waals surface area contributed by atoms with Crippen LogP contribution >= 0.6 is 28.1 Å². The molecule has 5 heteroatoms. The maximum atomic E-state index is 5.60. The predicted molar refractivity (Wildman–Crippen MR) is 81.9 cm³/mol. The van der Waals surface area contributed by atoms with Crippen molar-refractivity contribution in [2.45, 2.75) is 0 Å². The van der Waals surface area contributed by atoms with Gasteiger partial charge in [0.15, 0.2) is 0 Å². The van der Waals surface area contributed by atoms with Crippen LogP contribution in [0.5, 0.6) is 0 Å². The number of rotatable bonds is 5. The van der Waals surface area contributed by atoms with E-state index in [4.69, 9.17) is 18.0 Å². The van der Waals surface area contributed by atoms with E-state index < -0.39 is 0 Å². The second-order valence-corrected chi connectivity index (χ2v) is 5.55. The van der Waals surface area contributed by atoms with Crippen molar-refractivity contribution in [3.63, 3.8) is 0 Å². The van der Waals surface area contributed by atoms with Gasteiger partial charge in [-0.15, -0.1) is 0 Å². The Balaban J connectivity index is 2.81. The fourth-order valence-electron chi connectivity index (χ4n) is 1.44. The Kier molecular flexibility index (Phi) is 5.36. The summed E-state index contributed by atoms with van der Waals surface area (Å²) in [5.41, 5.74) is 7.63. The van der Waals surface area contributed by atoms with Crippen LogP contribution in [-0.2, 0) is 0 Å². The van der Waals surface area contributed by atoms with Crippen molar-refractivity contribution < 1.29 is 0 Å². The van der Waals surface area contributed by atoms with E-state index in [0.29, 0.717) is 4.99 Å². The van der Waals surface area contributed by atoms with Gasteiger partial charge in [0.1, 0.15) is 4.99 Å². The summed E-state index contributed by atoms with van der Waals surface area (Å²) in [4.78, 5) is 4.79. The molecule has 1 aromatic rings. The molecular weight excluding hydrogens is 298 g/mol. The second kappa shape index (κ2) is 6.33. The Labute approximate surface area is 117 Å². The van der Waals surface area contributed by atoms with Crippen LogP contribution in [0.3, 0.4) is 0 Å². The highest BCUT2D eigenvalue weighted by Crippen LogP contribution is 2.26. The van der Waals surface area contributed by atoms with Crippen LogP contribution in [0.4, 0.5) is 5.69 Å². The highest BCUT2D eigenvalue weighted by Gasteiger charge is 2.07. The lowest BCUT2D eigenvalue weighted by molar-refractivity contribution is 0.416. The number of anilines is 1. The standard InChI is InChI=1S/C12H18BrN3S/c1-15(2)6-7-16(3)11-5-4-9(12(14)17)8-10(11)13/h4-5,8H,6-7H2,1-3H3,(H2,14,17). The van der Waals surface area contributed by atoms with Gasteiger partial charge in [-0.05, 0) is 48.2 Å². The van der Waals surface area contributed by atoms with Gasteiger partial charge in [-0.3, -0.25) is 0 Å². The van der Waals surface area contributed by atoms with Crippen LogP contribution in [0.1, 0.15) is 5.56 Å². The van der Waals surface area contributed by atoms with Crippen molar-refractivity contribution in [1.29, 1.82) is 0 Å². The topological polar surface area (TPSA) is 32.5 Å². The van der Waals surface area contributed by atoms with Crippen molar-refractivity contribution in [3.05, 3.63) is 28.2 Å². The van der Waals surface area contributed by atoms with Gasteiger partial charge in [0.05, 0.1) is 5.69 Å². The molecule has 0 saturated carbocycles. The number of nitrogens with two attached hydrogens (primary N) is 1. The Bertz CT molecular complexity index is 407. The van der Waals surface area contributed by atoms with Gasteiger partial charge in [-0.2, -0.15) is 0 Å². The van der Waals surface area contributed by atoms with Crippen LogP contribution < -0.4 is 10.6 Å². The summed E-state index contributed by atoms with van der Waals surface area (Å²) in [6.45, 7) is 1.98. The smallest absolute Gasteiger partial charge is 0.104 e. The van der Waals surface area contributed by atoms with Gasteiger partial charge in [0, 0.05) is 30.2 Å². The number of halogens is 1. The van der Waals surface area contributed by atoms with Gasteiger partial charge in [-0.25, -0.2) is 0 Å². The van der Waals surface area contributed by atoms with E-state index in [1.165, 1.54) is 0 Å². The molecule has 0 bridgehead atoms. The first kappa shape index (κ1) is 14.4. The van der Waals surface area contributed by atoms with Crippen LogP contribution in [0.2, 0.25) is 0 Å². The summed E-state index contributed by atoms with van der Waals surface area (Å²) in [6.07, 6.45) is 0. The van der Waals surface area contributed by atoms with Crippen LogP contribution in [-0.4, -0.2) is 44.1 Å². The third-order valence-electron chi connectivity index (χ3n) is 2.53. The first-order valence-electron chi connectivity index (χ1n) is 5.37. The Morgan fingerprint density at radius 1 is 1.29 bits per heavy atom. The number of likely N-dealkylation sites (N-methyl/N-ethyl adjacent to an activating group) is 2. The Morgan fingerprint density at radius 2 is 1.94 bits per heavy atom. The fourth-order valence-corrected chi connectivity index (χ4v) is 2.25. The average Bonchev–Trinajstić information content (AvgIpc) is 2.25. The molecule has 0 aliphatic carbocycles. The molecule has 17 heavy (non-hydrogen) atoms. The first-order valence-corrected chi connectivity index (χ1v) is 6.57. The maximum absolute atomic E-state index is 5.60. The van der Waals surface area contributed by atoms with Gasteiger partial charge in [-0.1, -0.05) is 12.2 Å². The normalized spacial score (nSPS) is 10.6. The van der Waals surface area contributed by atoms with Gasteiger partial charge in [0.25, 0.3) is 0 Å². The Hall–Kier alpha value is -0.650. The number of hydrogen-bond donors (Lipinski definition) is 1. The molecule has 0 atom stereocenters. The van der Waals surface area contributed by atoms with E-state index in [2.05, 4.69) is 46.9 Å². The summed E-state index contributed by atoms with van der Waals surface area (Å²) >= 11 is 8.51. The molecule has 0 spiro atoms. The largest absolute Gasteiger partial charge is 0.389 e. The van der Waals surface area contributed by atoms with Crippen LogP contribution in [0.25, 0.3) is 0 Å². The molecule has 0 fully saturated rings. The lowest BCUT2D eigenvalue weighted by Crippen LogP contribution is -2.28. The summed E-state index contributed by atoms with van der Waals surface area (Å²) in [5, 5.41) is 0. The number of thiocarbonyl (C=S) groups is 1. The quantitative estimate of drug-likeness (QED) is 0.843. The second-order valence-electron chi connectivity index (χ2n) is 4.26. The van der Waals surface area contributed by atoms with Crippen LogP contribution in [0.15, 0.2) is 22.7 Å². The molecule has 0 aliphatic heterocycles. The van der Waals surface area contributed by atoms with E-state index >= 15 is 0 Å². The average molecular weight is 316 g/mol. The lowest BCUT2D eigenvalue weighted by Gasteiger charge is -2.23. The van der Waals surface area contributed by atoms with E-state index in [1.54, 1.807) is 0 Å². The zero-order chi connectivity index (χ0) is 13.0. The molecule has 1 aromatic carbocycles. The van der Waals surface area contributed by atoms with Crippen molar-refractivity contribution in [2.75, 3.05) is 39.1 Å². The molecule has 0 saturated heterocycles. The zero-order valence-electron chi connectivity index (χ0n) is 10.4. The van der Waals surface area contributed by atoms with Crippen molar-refractivity contribution >= 4 is 38.8 Å². The molecule has 1 rings (SSSR count). The summed E-state index contributed by atoms with van der Waals surface area (Å²) in [7, 11) is 6.21. The van der Waals surface area contributed by atoms with E-state index in [0.717, 1.165) is 28.8 Å². The molecule has 0 aromatic heterocycles. The summed E-state index contributed by atoms with van der Waals surface area (Å²) in [6, 6.07) is 5.95. The molecule has 0 radical (unpaired) electrons. The number of nitrogens with zero attached hydrogens (tertiary/aromatic N) is 2. The van der Waals surface area contributed by atoms with E-state index in [-0.39, 0.29) is 0 Å². The van der Waals surface area contributed by atoms with Crippen LogP contribution in [0, 0.1) is 0 Å². The third kappa shape index (κ3) is 4.26. The van der Waals surface area contributed by atoms with E-state index in [9.17, 15) is 0 Å². The monoisotopic (exact) mass is 315 g/mol. The fraction of sp³-hybridized carbons (Fsp3) is 0.417. The molecule has 94 valence electrons. The number of benzene rings is 1. The SMILES string of the molecule is CN(C)CCN(C)c1ccc(C(N)=S)cc1Br. The minimum absolute atomic E-state index is 0.424. The van der Waals surface area contributed by atoms with Crippen molar-refractivity contribution in [2.24, 2.45) is 5.73 Å². The third-order valence-corrected chi connectivity index (χ3v) is 3.40. The minimum atomic E-state index is 0.424. The maximum Gasteiger partial charge on any atom is 0.104 e. The van der Waals surface area contributed by atoms with Crippen molar-refractivity contribution in [1.82, 2.24) is 4.90 Å². The molecule has 0 amide bonds. The lowest BCUT2D eigenvalue weighted by atomic mass is 10.2. The zero-order valence-corrected chi connectivity index (χ0v) is 12.8. The predicted octanol–water partition coefficient (Wildman–Crippen LogP) is 2.08. The minimum Gasteiger partial charge on any atom is -0.389 e. The highest BCUT2D eigenvalue weighted by atomic mass is 79.9. The molecular formula is C12H18BrN3S. The summed E-state index contributed by atoms with van der Waals surface area (Å²) < 4.78 is 1.02. The number of hydrogen-bond acceptors (Lipinski definition) is 3. The molecule has 2 N–H and O–H groups in total. The van der Waals surface area contributed by atoms with Gasteiger partial charge in [0.2, 0.25) is 0 Å². The Morgan fingerprint density at radius 3 is 2.41 bits per heavy atom. The molecule has 0 unspecified atom stereocenters. The molecule has 0 heterocycles. The summed E-state index contributed by atoms with van der Waals surface area (Å²) in [5.74, 6) is 0. The van der Waals surface area contributed by atoms with E-state index in [1.807, 2.05) is 18.2 Å².